The summed E-state index contributed by atoms with van der Waals surface area (Å²) in [7, 11) is 0. The summed E-state index contributed by atoms with van der Waals surface area (Å²) in [5.74, 6) is -0.875. The molecule has 2 heterocycles. The van der Waals surface area contributed by atoms with Gasteiger partial charge in [0.05, 0.1) is 32.6 Å². The third-order valence-electron chi connectivity index (χ3n) is 3.08. The Bertz CT molecular complexity index is 582. The highest BCUT2D eigenvalue weighted by molar-refractivity contribution is 6.28. The summed E-state index contributed by atoms with van der Waals surface area (Å²) in [4.78, 5) is 35.9. The molecule has 10 nitrogen and oxygen atoms in total. The first kappa shape index (κ1) is 18.1. The Balaban J connectivity index is 1.79. The lowest BCUT2D eigenvalue weighted by atomic mass is 10.3. The summed E-state index contributed by atoms with van der Waals surface area (Å²) in [5.41, 5.74) is 0. The van der Waals surface area contributed by atoms with Crippen LogP contribution in [0.1, 0.15) is 12.8 Å². The van der Waals surface area contributed by atoms with Gasteiger partial charge in [-0.3, -0.25) is 9.59 Å². The Kier molecular flexibility index (Phi) is 6.94. The minimum atomic E-state index is -1.04. The highest BCUT2D eigenvalue weighted by Crippen LogP contribution is 2.14. The highest BCUT2D eigenvalue weighted by Gasteiger charge is 2.16. The molecule has 0 amide bonds. The van der Waals surface area contributed by atoms with Crippen molar-refractivity contribution >= 4 is 35.4 Å². The van der Waals surface area contributed by atoms with E-state index >= 15 is 0 Å². The number of carboxylic acids is 1. The fourth-order valence-electron chi connectivity index (χ4n) is 1.93. The van der Waals surface area contributed by atoms with Gasteiger partial charge < -0.3 is 24.8 Å². The number of hydrogen-bond acceptors (Lipinski definition) is 9. The Morgan fingerprint density at radius 1 is 1.25 bits per heavy atom. The molecule has 0 bridgehead atoms. The maximum Gasteiger partial charge on any atom is 0.306 e. The van der Waals surface area contributed by atoms with Crippen LogP contribution in [0.5, 0.6) is 0 Å². The predicted molar refractivity (Wildman–Crippen MR) is 84.2 cm³/mol. The van der Waals surface area contributed by atoms with Gasteiger partial charge in [-0.15, -0.1) is 0 Å². The normalized spacial score (nSPS) is 14.3. The number of nitrogens with zero attached hydrogens (tertiary/aromatic N) is 4. The summed E-state index contributed by atoms with van der Waals surface area (Å²) in [5, 5.41) is 11.4. The van der Waals surface area contributed by atoms with Crippen LogP contribution in [0.15, 0.2) is 0 Å². The number of aliphatic carboxylic acids is 1. The molecule has 1 fully saturated rings. The first-order chi connectivity index (χ1) is 11.5. The number of ether oxygens (including phenoxy) is 2. The van der Waals surface area contributed by atoms with Gasteiger partial charge in [-0.2, -0.15) is 15.0 Å². The Labute approximate surface area is 143 Å². The summed E-state index contributed by atoms with van der Waals surface area (Å²) in [6, 6.07) is 0. The molecular weight excluding hydrogens is 342 g/mol. The molecule has 1 aromatic rings. The molecule has 0 saturated carbocycles. The van der Waals surface area contributed by atoms with Gasteiger partial charge in [0.1, 0.15) is 6.61 Å². The molecule has 24 heavy (non-hydrogen) atoms. The smallest absolute Gasteiger partial charge is 0.306 e. The van der Waals surface area contributed by atoms with Crippen molar-refractivity contribution in [3.8, 4) is 0 Å². The Hall–Kier alpha value is -2.20. The van der Waals surface area contributed by atoms with Gasteiger partial charge in [-0.25, -0.2) is 0 Å². The molecular formula is C13H18ClN5O5. The number of carbonyl (C=O) groups is 2. The van der Waals surface area contributed by atoms with E-state index in [1.807, 2.05) is 4.90 Å². The van der Waals surface area contributed by atoms with Crippen molar-refractivity contribution in [1.82, 2.24) is 15.0 Å². The number of nitrogens with one attached hydrogen (secondary N) is 1. The van der Waals surface area contributed by atoms with Crippen LogP contribution in [0.2, 0.25) is 5.28 Å². The van der Waals surface area contributed by atoms with Gasteiger partial charge in [0, 0.05) is 13.1 Å². The Morgan fingerprint density at radius 2 is 2.00 bits per heavy atom. The molecule has 2 rings (SSSR count). The fraction of sp³-hybridized carbons (Fsp3) is 0.615. The van der Waals surface area contributed by atoms with Crippen molar-refractivity contribution in [2.24, 2.45) is 0 Å². The van der Waals surface area contributed by atoms with Crippen LogP contribution in [-0.4, -0.2) is 71.5 Å². The molecule has 2 N–H and O–H groups in total. The molecule has 0 radical (unpaired) electrons. The van der Waals surface area contributed by atoms with Gasteiger partial charge in [0.15, 0.2) is 0 Å². The van der Waals surface area contributed by atoms with E-state index in [-0.39, 0.29) is 37.2 Å². The number of halogens is 1. The minimum Gasteiger partial charge on any atom is -0.481 e. The van der Waals surface area contributed by atoms with E-state index in [1.165, 1.54) is 0 Å². The van der Waals surface area contributed by atoms with Crippen molar-refractivity contribution in [1.29, 1.82) is 0 Å². The first-order valence-corrected chi connectivity index (χ1v) is 7.78. The van der Waals surface area contributed by atoms with Gasteiger partial charge >= 0.3 is 11.9 Å². The zero-order valence-electron chi connectivity index (χ0n) is 12.9. The highest BCUT2D eigenvalue weighted by atomic mass is 35.5. The number of rotatable bonds is 8. The Morgan fingerprint density at radius 3 is 2.71 bits per heavy atom. The molecule has 0 spiro atoms. The quantitative estimate of drug-likeness (QED) is 0.490. The number of anilines is 2. The molecule has 1 aromatic heterocycles. The molecule has 1 saturated heterocycles. The summed E-state index contributed by atoms with van der Waals surface area (Å²) < 4.78 is 10.2. The third-order valence-corrected chi connectivity index (χ3v) is 3.25. The monoisotopic (exact) mass is 359 g/mol. The lowest BCUT2D eigenvalue weighted by Gasteiger charge is -2.26. The van der Waals surface area contributed by atoms with Crippen molar-refractivity contribution in [3.63, 3.8) is 0 Å². The molecule has 1 aliphatic rings. The molecule has 11 heteroatoms. The van der Waals surface area contributed by atoms with E-state index in [2.05, 4.69) is 20.3 Å². The molecule has 132 valence electrons. The summed E-state index contributed by atoms with van der Waals surface area (Å²) >= 11 is 5.90. The van der Waals surface area contributed by atoms with Crippen LogP contribution in [0.25, 0.3) is 0 Å². The third kappa shape index (κ3) is 6.13. The summed E-state index contributed by atoms with van der Waals surface area (Å²) in [6.45, 7) is 2.86. The molecule has 0 unspecified atom stereocenters. The van der Waals surface area contributed by atoms with Crippen LogP contribution in [0, 0.1) is 0 Å². The van der Waals surface area contributed by atoms with Crippen molar-refractivity contribution in [2.75, 3.05) is 49.7 Å². The van der Waals surface area contributed by atoms with Crippen LogP contribution >= 0.6 is 11.6 Å². The van der Waals surface area contributed by atoms with Crippen LogP contribution in [0.4, 0.5) is 11.9 Å². The fourth-order valence-corrected chi connectivity index (χ4v) is 2.09. The second-order valence-electron chi connectivity index (χ2n) is 4.87. The van der Waals surface area contributed by atoms with E-state index < -0.39 is 11.9 Å². The van der Waals surface area contributed by atoms with Gasteiger partial charge in [-0.05, 0) is 11.6 Å². The zero-order chi connectivity index (χ0) is 17.4. The number of carbonyl (C=O) groups excluding carboxylic acids is 1. The van der Waals surface area contributed by atoms with Crippen LogP contribution < -0.4 is 10.2 Å². The van der Waals surface area contributed by atoms with E-state index in [1.54, 1.807) is 0 Å². The first-order valence-electron chi connectivity index (χ1n) is 7.40. The van der Waals surface area contributed by atoms with E-state index in [9.17, 15) is 9.59 Å². The van der Waals surface area contributed by atoms with E-state index in [4.69, 9.17) is 26.2 Å². The van der Waals surface area contributed by atoms with E-state index in [0.717, 1.165) is 0 Å². The lowest BCUT2D eigenvalue weighted by Crippen LogP contribution is -2.37. The molecule has 1 aliphatic heterocycles. The second-order valence-corrected chi connectivity index (χ2v) is 5.21. The lowest BCUT2D eigenvalue weighted by molar-refractivity contribution is -0.147. The number of esters is 1. The van der Waals surface area contributed by atoms with Crippen LogP contribution in [0.3, 0.4) is 0 Å². The number of carboxylic acid groups (broad SMARTS) is 1. The van der Waals surface area contributed by atoms with Crippen molar-refractivity contribution in [2.45, 2.75) is 12.8 Å². The maximum atomic E-state index is 11.3. The zero-order valence-corrected chi connectivity index (χ0v) is 13.7. The molecule has 0 aromatic carbocycles. The van der Waals surface area contributed by atoms with Crippen LogP contribution in [-0.2, 0) is 19.1 Å². The topological polar surface area (TPSA) is 127 Å². The van der Waals surface area contributed by atoms with Crippen molar-refractivity contribution in [3.05, 3.63) is 5.28 Å². The van der Waals surface area contributed by atoms with Gasteiger partial charge in [-0.1, -0.05) is 0 Å². The van der Waals surface area contributed by atoms with Crippen molar-refractivity contribution < 1.29 is 24.2 Å². The predicted octanol–water partition coefficient (Wildman–Crippen LogP) is 0.181. The molecule has 0 atom stereocenters. The maximum absolute atomic E-state index is 11.3. The van der Waals surface area contributed by atoms with Gasteiger partial charge in [0.25, 0.3) is 0 Å². The average Bonchev–Trinajstić information content (AvgIpc) is 2.57. The molecule has 0 aliphatic carbocycles. The average molecular weight is 360 g/mol. The van der Waals surface area contributed by atoms with Gasteiger partial charge in [0.2, 0.25) is 17.2 Å². The summed E-state index contributed by atoms with van der Waals surface area (Å²) in [6.07, 6.45) is -0.410. The minimum absolute atomic E-state index is 0.0624. The number of hydrogen-bond donors (Lipinski definition) is 2. The van der Waals surface area contributed by atoms with E-state index in [0.29, 0.717) is 32.3 Å². The standard InChI is InChI=1S/C13H18ClN5O5/c14-11-16-12(15-3-6-24-10(22)2-1-9(20)21)18-13(17-11)19-4-7-23-8-5-19/h1-8H2,(H,20,21)(H,15,16,17,18). The second kappa shape index (κ2) is 9.18. The SMILES string of the molecule is O=C(O)CCC(=O)OCCNc1nc(Cl)nc(N2CCOCC2)n1. The largest absolute Gasteiger partial charge is 0.481 e. The number of morpholine rings is 1. The number of aromatic nitrogens is 3.